The summed E-state index contributed by atoms with van der Waals surface area (Å²) in [6, 6.07) is 46.7. The van der Waals surface area contributed by atoms with Gasteiger partial charge in [0.25, 0.3) is 0 Å². The van der Waals surface area contributed by atoms with Gasteiger partial charge in [0.05, 0.1) is 0 Å². The molecule has 0 amide bonds. The van der Waals surface area contributed by atoms with Crippen molar-refractivity contribution in [3.8, 4) is 11.1 Å². The highest BCUT2D eigenvalue weighted by Gasteiger charge is 2.45. The number of rotatable bonds is 16. The van der Waals surface area contributed by atoms with Crippen molar-refractivity contribution >= 4 is 21.5 Å². The maximum atomic E-state index is 2.67. The Morgan fingerprint density at radius 2 is 0.902 bits per heavy atom. The first-order valence-electron chi connectivity index (χ1n) is 20.3. The second-order valence-corrected chi connectivity index (χ2v) is 15.7. The molecule has 0 nitrogen and oxygen atoms in total. The molecule has 2 atom stereocenters. The standard InChI is InChI=1S/C51H58/c1-5-9-17-37(7-3)35-51(36-38(8-4)18-10-6-2)49-33-39(31-43-23-15-21-41-19-11-13-25-45(41)43)27-29-47(49)48-30-28-40(34-50(48)51)32-44-24-16-22-42-20-12-14-26-46(42)44/h11-16,19-30,33-34,37-38H,5-10,17-18,31-32,35-36H2,1-4H3. The normalized spacial score (nSPS) is 14.4. The van der Waals surface area contributed by atoms with E-state index in [1.165, 1.54) is 119 Å². The van der Waals surface area contributed by atoms with E-state index in [0.29, 0.717) is 0 Å². The van der Waals surface area contributed by atoms with Crippen LogP contribution in [0.4, 0.5) is 0 Å². The molecule has 0 N–H and O–H groups in total. The maximum Gasteiger partial charge on any atom is 0.0220 e. The minimum absolute atomic E-state index is 0.0248. The molecule has 0 saturated carbocycles. The molecule has 7 rings (SSSR count). The summed E-state index contributed by atoms with van der Waals surface area (Å²) in [5.74, 6) is 1.44. The van der Waals surface area contributed by atoms with Crippen LogP contribution in [0.25, 0.3) is 32.7 Å². The van der Waals surface area contributed by atoms with Gasteiger partial charge < -0.3 is 0 Å². The van der Waals surface area contributed by atoms with Gasteiger partial charge in [-0.15, -0.1) is 0 Å². The van der Waals surface area contributed by atoms with Crippen LogP contribution in [0.3, 0.4) is 0 Å². The summed E-state index contributed by atoms with van der Waals surface area (Å²) in [6.07, 6.45) is 14.8. The van der Waals surface area contributed by atoms with Crippen molar-refractivity contribution in [2.75, 3.05) is 0 Å². The van der Waals surface area contributed by atoms with Gasteiger partial charge in [0, 0.05) is 5.41 Å². The Labute approximate surface area is 308 Å². The molecule has 0 heteroatoms. The molecule has 0 heterocycles. The lowest BCUT2D eigenvalue weighted by molar-refractivity contribution is 0.266. The average Bonchev–Trinajstić information content (AvgIpc) is 3.42. The van der Waals surface area contributed by atoms with Crippen LogP contribution in [0, 0.1) is 11.8 Å². The molecule has 6 aromatic rings. The zero-order valence-electron chi connectivity index (χ0n) is 31.7. The molecule has 0 aromatic heterocycles. The number of fused-ring (bicyclic) bond motifs is 5. The molecule has 0 saturated heterocycles. The number of unbranched alkanes of at least 4 members (excludes halogenated alkanes) is 2. The molecule has 0 aliphatic heterocycles. The molecule has 0 bridgehead atoms. The molecule has 1 aliphatic rings. The molecule has 0 radical (unpaired) electrons. The summed E-state index contributed by atoms with van der Waals surface area (Å²) in [5, 5.41) is 5.42. The third-order valence-corrected chi connectivity index (χ3v) is 12.4. The van der Waals surface area contributed by atoms with E-state index in [1.807, 2.05) is 0 Å². The molecule has 1 aliphatic carbocycles. The van der Waals surface area contributed by atoms with Crippen LogP contribution in [-0.2, 0) is 18.3 Å². The van der Waals surface area contributed by atoms with E-state index >= 15 is 0 Å². The number of benzene rings is 6. The van der Waals surface area contributed by atoms with E-state index in [2.05, 4.69) is 149 Å². The van der Waals surface area contributed by atoms with Crippen LogP contribution in [-0.4, -0.2) is 0 Å². The minimum Gasteiger partial charge on any atom is -0.0654 e. The Morgan fingerprint density at radius 3 is 1.33 bits per heavy atom. The molecule has 51 heavy (non-hydrogen) atoms. The SMILES string of the molecule is CCCCC(CC)CC1(CC(CC)CCCC)c2cc(Cc3cccc4ccccc34)ccc2-c2ccc(Cc3cccc4ccccc34)cc21. The fourth-order valence-corrected chi connectivity index (χ4v) is 9.54. The average molecular weight is 671 g/mol. The van der Waals surface area contributed by atoms with E-state index in [1.54, 1.807) is 11.1 Å². The summed E-state index contributed by atoms with van der Waals surface area (Å²) >= 11 is 0. The molecule has 0 fully saturated rings. The Morgan fingerprint density at radius 1 is 0.471 bits per heavy atom. The van der Waals surface area contributed by atoms with Gasteiger partial charge in [-0.3, -0.25) is 0 Å². The van der Waals surface area contributed by atoms with E-state index in [9.17, 15) is 0 Å². The summed E-state index contributed by atoms with van der Waals surface area (Å²) < 4.78 is 0. The van der Waals surface area contributed by atoms with Crippen LogP contribution < -0.4 is 0 Å². The molecule has 262 valence electrons. The van der Waals surface area contributed by atoms with Crippen molar-refractivity contribution in [2.45, 2.75) is 110 Å². The van der Waals surface area contributed by atoms with Crippen LogP contribution in [0.5, 0.6) is 0 Å². The lowest BCUT2D eigenvalue weighted by Gasteiger charge is -2.39. The zero-order valence-corrected chi connectivity index (χ0v) is 31.7. The molecular formula is C51H58. The highest BCUT2D eigenvalue weighted by molar-refractivity contribution is 5.87. The third-order valence-electron chi connectivity index (χ3n) is 12.4. The van der Waals surface area contributed by atoms with E-state index in [-0.39, 0.29) is 5.41 Å². The Bertz CT molecular complexity index is 1920. The van der Waals surface area contributed by atoms with Gasteiger partial charge in [0.2, 0.25) is 0 Å². The lowest BCUT2D eigenvalue weighted by atomic mass is 9.64. The first-order chi connectivity index (χ1) is 25.1. The van der Waals surface area contributed by atoms with Crippen LogP contribution in [0.2, 0.25) is 0 Å². The fourth-order valence-electron chi connectivity index (χ4n) is 9.54. The van der Waals surface area contributed by atoms with Crippen molar-refractivity contribution in [1.82, 2.24) is 0 Å². The van der Waals surface area contributed by atoms with E-state index in [4.69, 9.17) is 0 Å². The van der Waals surface area contributed by atoms with Gasteiger partial charge in [-0.05, 0) is 104 Å². The van der Waals surface area contributed by atoms with Gasteiger partial charge in [-0.25, -0.2) is 0 Å². The second-order valence-electron chi connectivity index (χ2n) is 15.7. The maximum absolute atomic E-state index is 2.67. The summed E-state index contributed by atoms with van der Waals surface area (Å²) in [6.45, 7) is 9.62. The lowest BCUT2D eigenvalue weighted by Crippen LogP contribution is -2.32. The molecular weight excluding hydrogens is 613 g/mol. The Balaban J connectivity index is 1.37. The predicted molar refractivity (Wildman–Crippen MR) is 222 cm³/mol. The third kappa shape index (κ3) is 7.30. The first-order valence-corrected chi connectivity index (χ1v) is 20.3. The van der Waals surface area contributed by atoms with Crippen LogP contribution in [0.1, 0.15) is 125 Å². The van der Waals surface area contributed by atoms with E-state index in [0.717, 1.165) is 24.7 Å². The van der Waals surface area contributed by atoms with Crippen LogP contribution in [0.15, 0.2) is 121 Å². The van der Waals surface area contributed by atoms with Gasteiger partial charge in [-0.2, -0.15) is 0 Å². The largest absolute Gasteiger partial charge is 0.0654 e. The van der Waals surface area contributed by atoms with Gasteiger partial charge in [0.1, 0.15) is 0 Å². The number of hydrogen-bond acceptors (Lipinski definition) is 0. The van der Waals surface area contributed by atoms with Crippen molar-refractivity contribution in [3.63, 3.8) is 0 Å². The number of hydrogen-bond donors (Lipinski definition) is 0. The van der Waals surface area contributed by atoms with Crippen LogP contribution >= 0.6 is 0 Å². The minimum atomic E-state index is 0.0248. The summed E-state index contributed by atoms with van der Waals surface area (Å²) in [4.78, 5) is 0. The summed E-state index contributed by atoms with van der Waals surface area (Å²) in [7, 11) is 0. The smallest absolute Gasteiger partial charge is 0.0220 e. The van der Waals surface area contributed by atoms with Gasteiger partial charge in [0.15, 0.2) is 0 Å². The Hall–Kier alpha value is -4.16. The molecule has 0 spiro atoms. The Kier molecular flexibility index (Phi) is 11.1. The fraction of sp³-hybridized carbons (Fsp3) is 0.373. The second kappa shape index (κ2) is 16.0. The highest BCUT2D eigenvalue weighted by atomic mass is 14.5. The van der Waals surface area contributed by atoms with Crippen molar-refractivity contribution in [2.24, 2.45) is 11.8 Å². The quantitative estimate of drug-likeness (QED) is 0.0961. The molecule has 6 aromatic carbocycles. The van der Waals surface area contributed by atoms with Gasteiger partial charge in [-0.1, -0.05) is 200 Å². The van der Waals surface area contributed by atoms with Crippen molar-refractivity contribution in [3.05, 3.63) is 155 Å². The van der Waals surface area contributed by atoms with Gasteiger partial charge >= 0.3 is 0 Å². The summed E-state index contributed by atoms with van der Waals surface area (Å²) in [5.41, 5.74) is 12.0. The van der Waals surface area contributed by atoms with E-state index < -0.39 is 0 Å². The monoisotopic (exact) mass is 670 g/mol. The van der Waals surface area contributed by atoms with Crippen molar-refractivity contribution in [1.29, 1.82) is 0 Å². The van der Waals surface area contributed by atoms with Crippen molar-refractivity contribution < 1.29 is 0 Å². The molecule has 2 unspecified atom stereocenters. The first kappa shape index (κ1) is 35.3. The highest BCUT2D eigenvalue weighted by Crippen LogP contribution is 2.57. The zero-order chi connectivity index (χ0) is 35.2. The topological polar surface area (TPSA) is 0 Å². The predicted octanol–water partition coefficient (Wildman–Crippen LogP) is 14.7.